The third-order valence-electron chi connectivity index (χ3n) is 10.7. The summed E-state index contributed by atoms with van der Waals surface area (Å²) in [5.74, 6) is -3.20. The molecule has 4 fully saturated rings. The van der Waals surface area contributed by atoms with E-state index >= 15 is 0 Å². The number of amides is 5. The topological polar surface area (TPSA) is 180 Å². The molecule has 0 aromatic carbocycles. The Kier molecular flexibility index (Phi) is 11.7. The van der Waals surface area contributed by atoms with Gasteiger partial charge in [-0.3, -0.25) is 33.8 Å². The van der Waals surface area contributed by atoms with E-state index < -0.39 is 59.0 Å². The summed E-state index contributed by atoms with van der Waals surface area (Å²) >= 11 is 0. The van der Waals surface area contributed by atoms with Gasteiger partial charge in [0.25, 0.3) is 11.8 Å². The SMILES string of the molecule is CCC[C@H](NC(=O)[C@H]1[C@@H]2CCC[C@@H]2CN1C(=O)[C@H](NC(=O)[C@H](NC(=O)c1cnccn1)C1CCCCC1)C(C)(C)C)C(=O)C(=O)NC1CC1. The van der Waals surface area contributed by atoms with Crippen LogP contribution in [0.15, 0.2) is 18.6 Å². The van der Waals surface area contributed by atoms with E-state index in [1.165, 1.54) is 18.6 Å². The van der Waals surface area contributed by atoms with Crippen LogP contribution in [-0.2, 0) is 24.0 Å². The van der Waals surface area contributed by atoms with Crippen LogP contribution in [-0.4, -0.2) is 86.9 Å². The maximum Gasteiger partial charge on any atom is 0.289 e. The molecule has 2 heterocycles. The zero-order valence-corrected chi connectivity index (χ0v) is 29.3. The number of nitrogens with one attached hydrogen (secondary N) is 4. The number of Topliss-reactive ketones (excluding diaryl/α,β-unsaturated/α-hetero) is 1. The molecule has 13 heteroatoms. The summed E-state index contributed by atoms with van der Waals surface area (Å²) in [4.78, 5) is 91.4. The van der Waals surface area contributed by atoms with Crippen molar-refractivity contribution in [3.05, 3.63) is 24.3 Å². The van der Waals surface area contributed by atoms with Crippen molar-refractivity contribution in [2.45, 2.75) is 135 Å². The summed E-state index contributed by atoms with van der Waals surface area (Å²) in [6.45, 7) is 7.85. The summed E-state index contributed by atoms with van der Waals surface area (Å²) in [7, 11) is 0. The molecule has 1 aromatic heterocycles. The Bertz CT molecular complexity index is 1390. The van der Waals surface area contributed by atoms with Crippen LogP contribution in [0.3, 0.4) is 0 Å². The first-order valence-corrected chi connectivity index (χ1v) is 18.2. The van der Waals surface area contributed by atoms with Crippen LogP contribution in [0.1, 0.15) is 115 Å². The fourth-order valence-electron chi connectivity index (χ4n) is 7.87. The zero-order chi connectivity index (χ0) is 35.3. The highest BCUT2D eigenvalue weighted by atomic mass is 16.2. The minimum Gasteiger partial charge on any atom is -0.347 e. The van der Waals surface area contributed by atoms with Crippen LogP contribution in [0.2, 0.25) is 0 Å². The number of likely N-dealkylation sites (tertiary alicyclic amines) is 1. The van der Waals surface area contributed by atoms with E-state index in [4.69, 9.17) is 0 Å². The maximum absolute atomic E-state index is 14.6. The highest BCUT2D eigenvalue weighted by molar-refractivity contribution is 6.38. The Hall–Kier alpha value is -3.90. The van der Waals surface area contributed by atoms with E-state index in [2.05, 4.69) is 31.2 Å². The van der Waals surface area contributed by atoms with Crippen molar-refractivity contribution in [3.8, 4) is 0 Å². The minimum absolute atomic E-state index is 0.0132. The van der Waals surface area contributed by atoms with Gasteiger partial charge in [0, 0.05) is 25.0 Å². The lowest BCUT2D eigenvalue weighted by Crippen LogP contribution is -2.62. The van der Waals surface area contributed by atoms with Crippen molar-refractivity contribution in [1.29, 1.82) is 0 Å². The molecule has 5 rings (SSSR count). The van der Waals surface area contributed by atoms with Gasteiger partial charge < -0.3 is 26.2 Å². The molecule has 4 N–H and O–H groups in total. The van der Waals surface area contributed by atoms with E-state index in [1.807, 2.05) is 27.7 Å². The molecule has 6 atom stereocenters. The monoisotopic (exact) mass is 679 g/mol. The minimum atomic E-state index is -0.994. The van der Waals surface area contributed by atoms with Crippen LogP contribution < -0.4 is 21.3 Å². The van der Waals surface area contributed by atoms with Gasteiger partial charge in [-0.05, 0) is 68.1 Å². The number of rotatable bonds is 13. The van der Waals surface area contributed by atoms with E-state index in [9.17, 15) is 28.8 Å². The number of hydrogen-bond donors (Lipinski definition) is 4. The second kappa shape index (κ2) is 15.8. The van der Waals surface area contributed by atoms with Gasteiger partial charge in [0.15, 0.2) is 0 Å². The second-order valence-corrected chi connectivity index (χ2v) is 15.5. The number of ketones is 1. The van der Waals surface area contributed by atoms with Crippen molar-refractivity contribution in [3.63, 3.8) is 0 Å². The van der Waals surface area contributed by atoms with Crippen molar-refractivity contribution in [2.75, 3.05) is 6.54 Å². The van der Waals surface area contributed by atoms with Gasteiger partial charge in [-0.2, -0.15) is 0 Å². The highest BCUT2D eigenvalue weighted by Crippen LogP contribution is 2.43. The lowest BCUT2D eigenvalue weighted by molar-refractivity contribution is -0.146. The fourth-order valence-corrected chi connectivity index (χ4v) is 7.87. The van der Waals surface area contributed by atoms with Gasteiger partial charge in [0.2, 0.25) is 23.5 Å². The molecule has 0 unspecified atom stereocenters. The molecule has 3 aliphatic carbocycles. The molecule has 268 valence electrons. The van der Waals surface area contributed by atoms with Crippen molar-refractivity contribution in [1.82, 2.24) is 36.1 Å². The molecule has 0 radical (unpaired) electrons. The summed E-state index contributed by atoms with van der Waals surface area (Å²) in [5.41, 5.74) is -0.638. The molecule has 1 aliphatic heterocycles. The number of hydrogen-bond acceptors (Lipinski definition) is 8. The molecule has 49 heavy (non-hydrogen) atoms. The first-order chi connectivity index (χ1) is 23.4. The highest BCUT2D eigenvalue weighted by Gasteiger charge is 2.52. The molecule has 4 aliphatic rings. The third-order valence-corrected chi connectivity index (χ3v) is 10.7. The number of nitrogens with zero attached hydrogens (tertiary/aromatic N) is 3. The van der Waals surface area contributed by atoms with E-state index in [-0.39, 0.29) is 35.4 Å². The Labute approximate surface area is 288 Å². The van der Waals surface area contributed by atoms with Crippen LogP contribution in [0, 0.1) is 23.2 Å². The van der Waals surface area contributed by atoms with Crippen LogP contribution in [0.4, 0.5) is 0 Å². The average molecular weight is 680 g/mol. The van der Waals surface area contributed by atoms with Crippen molar-refractivity contribution in [2.24, 2.45) is 23.2 Å². The molecule has 13 nitrogen and oxygen atoms in total. The van der Waals surface area contributed by atoms with Gasteiger partial charge in [0.05, 0.1) is 12.2 Å². The first kappa shape index (κ1) is 36.4. The summed E-state index contributed by atoms with van der Waals surface area (Å²) in [6.07, 6.45) is 13.9. The number of carbonyl (C=O) groups excluding carboxylic acids is 6. The van der Waals surface area contributed by atoms with Gasteiger partial charge >= 0.3 is 0 Å². The zero-order valence-electron chi connectivity index (χ0n) is 29.3. The van der Waals surface area contributed by atoms with Gasteiger partial charge in [-0.25, -0.2) is 4.98 Å². The summed E-state index contributed by atoms with van der Waals surface area (Å²) < 4.78 is 0. The van der Waals surface area contributed by atoms with Crippen LogP contribution in [0.5, 0.6) is 0 Å². The van der Waals surface area contributed by atoms with Crippen LogP contribution >= 0.6 is 0 Å². The molecular weight excluding hydrogens is 626 g/mol. The van der Waals surface area contributed by atoms with Gasteiger partial charge in [0.1, 0.15) is 23.8 Å². The Morgan fingerprint density at radius 1 is 0.898 bits per heavy atom. The number of fused-ring (bicyclic) bond motifs is 1. The quantitative estimate of drug-likeness (QED) is 0.230. The molecular formula is C36H53N7O6. The average Bonchev–Trinajstić information content (AvgIpc) is 3.65. The molecule has 0 spiro atoms. The predicted octanol–water partition coefficient (Wildman–Crippen LogP) is 2.45. The van der Waals surface area contributed by atoms with Gasteiger partial charge in [-0.15, -0.1) is 0 Å². The second-order valence-electron chi connectivity index (χ2n) is 15.5. The Morgan fingerprint density at radius 3 is 2.27 bits per heavy atom. The van der Waals surface area contributed by atoms with Crippen LogP contribution in [0.25, 0.3) is 0 Å². The standard InChI is InChI=1S/C36H53N7O6/c1-5-10-25(29(44)34(48)39-23-15-16-23)40-33(47)28-24-14-9-13-22(24)20-43(28)35(49)30(36(2,3)4)42-32(46)27(21-11-7-6-8-12-21)41-31(45)26-19-37-17-18-38-26/h17-19,21-25,27-28,30H,5-16,20H2,1-4H3,(H,39,48)(H,40,47)(H,41,45)(H,42,46)/t22-,24-,25+,27-,28-,30+/m1/s1. The van der Waals surface area contributed by atoms with Crippen molar-refractivity contribution < 1.29 is 28.8 Å². The Balaban J connectivity index is 1.36. The largest absolute Gasteiger partial charge is 0.347 e. The predicted molar refractivity (Wildman–Crippen MR) is 181 cm³/mol. The number of carbonyl (C=O) groups is 6. The lowest BCUT2D eigenvalue weighted by atomic mass is 9.82. The maximum atomic E-state index is 14.6. The smallest absolute Gasteiger partial charge is 0.289 e. The summed E-state index contributed by atoms with van der Waals surface area (Å²) in [6, 6.07) is -3.68. The first-order valence-electron chi connectivity index (χ1n) is 18.2. The van der Waals surface area contributed by atoms with E-state index in [1.54, 1.807) is 4.90 Å². The third kappa shape index (κ3) is 8.83. The molecule has 0 bridgehead atoms. The Morgan fingerprint density at radius 2 is 1.63 bits per heavy atom. The van der Waals surface area contributed by atoms with Crippen molar-refractivity contribution >= 4 is 35.3 Å². The molecule has 1 saturated heterocycles. The summed E-state index contributed by atoms with van der Waals surface area (Å²) in [5, 5.41) is 11.5. The molecule has 3 saturated carbocycles. The normalized spacial score (nSPS) is 24.2. The van der Waals surface area contributed by atoms with E-state index in [0.29, 0.717) is 19.4 Å². The molecule has 1 aromatic rings. The molecule has 5 amide bonds. The fraction of sp³-hybridized carbons (Fsp3) is 0.722. The number of aromatic nitrogens is 2. The van der Waals surface area contributed by atoms with E-state index in [0.717, 1.165) is 64.2 Å². The lowest BCUT2D eigenvalue weighted by Gasteiger charge is -2.38. The van der Waals surface area contributed by atoms with Gasteiger partial charge in [-0.1, -0.05) is 59.8 Å².